The predicted molar refractivity (Wildman–Crippen MR) is 201 cm³/mol. The summed E-state index contributed by atoms with van der Waals surface area (Å²) < 4.78 is 10.3. The molecule has 1 amide bonds. The summed E-state index contributed by atoms with van der Waals surface area (Å²) in [7, 11) is 0. The number of nitro benzene ring substituents is 2. The fourth-order valence-electron chi connectivity index (χ4n) is 6.81. The van der Waals surface area contributed by atoms with E-state index in [9.17, 15) is 25.0 Å². The second-order valence-electron chi connectivity index (χ2n) is 13.3. The van der Waals surface area contributed by atoms with Crippen molar-refractivity contribution in [1.29, 1.82) is 0 Å². The van der Waals surface area contributed by atoms with Gasteiger partial charge in [-0.2, -0.15) is 0 Å². The first kappa shape index (κ1) is 39.8. The molecule has 0 atom stereocenters. The van der Waals surface area contributed by atoms with Gasteiger partial charge in [0.2, 0.25) is 5.91 Å². The molecule has 0 bridgehead atoms. The largest absolute Gasteiger partial charge is 0.379 e. The Bertz CT molecular complexity index is 1820. The van der Waals surface area contributed by atoms with Crippen LogP contribution >= 0.6 is 12.4 Å². The number of nitro groups is 2. The van der Waals surface area contributed by atoms with E-state index in [2.05, 4.69) is 26.3 Å². The van der Waals surface area contributed by atoms with E-state index in [1.54, 1.807) is 38.1 Å². The summed E-state index contributed by atoms with van der Waals surface area (Å²) in [5.41, 5.74) is 5.72. The van der Waals surface area contributed by atoms with Crippen molar-refractivity contribution in [2.75, 3.05) is 49.9 Å². The van der Waals surface area contributed by atoms with E-state index in [-0.39, 0.29) is 39.5 Å². The normalized spacial score (nSPS) is 14.9. The second kappa shape index (κ2) is 18.0. The van der Waals surface area contributed by atoms with Crippen molar-refractivity contribution in [2.45, 2.75) is 60.3 Å². The molecule has 2 aromatic heterocycles. The minimum absolute atomic E-state index is 0. The van der Waals surface area contributed by atoms with Crippen molar-refractivity contribution in [3.8, 4) is 22.3 Å². The quantitative estimate of drug-likeness (QED) is 0.109. The number of piperidine rings is 2. The highest BCUT2D eigenvalue weighted by molar-refractivity contribution is 5.85. The number of nitrogens with zero attached hydrogens (tertiary/aromatic N) is 5. The zero-order valence-electron chi connectivity index (χ0n) is 30.2. The zero-order chi connectivity index (χ0) is 36.7. The minimum Gasteiger partial charge on any atom is -0.379 e. The van der Waals surface area contributed by atoms with Gasteiger partial charge in [0.05, 0.1) is 21.2 Å². The van der Waals surface area contributed by atoms with Gasteiger partial charge in [0.15, 0.2) is 0 Å². The van der Waals surface area contributed by atoms with E-state index in [0.717, 1.165) is 86.4 Å². The number of carbonyl (C=O) groups is 1. The van der Waals surface area contributed by atoms with Crippen molar-refractivity contribution in [2.24, 2.45) is 11.8 Å². The highest BCUT2D eigenvalue weighted by Gasteiger charge is 2.24. The summed E-state index contributed by atoms with van der Waals surface area (Å²) >= 11 is 0. The highest BCUT2D eigenvalue weighted by Crippen LogP contribution is 2.35. The van der Waals surface area contributed by atoms with Crippen LogP contribution in [0.1, 0.15) is 55.5 Å². The molecule has 3 N–H and O–H groups in total. The average molecular weight is 739 g/mol. The number of likely N-dealkylation sites (tertiary alicyclic amines) is 1. The first-order valence-electron chi connectivity index (χ1n) is 17.3. The molecule has 2 aromatic carbocycles. The Balaban J connectivity index is 0.000000230. The van der Waals surface area contributed by atoms with Crippen LogP contribution in [-0.2, 0) is 4.79 Å². The molecule has 4 heterocycles. The molecule has 2 saturated heterocycles. The van der Waals surface area contributed by atoms with Gasteiger partial charge < -0.3 is 29.9 Å². The molecule has 0 saturated carbocycles. The number of aromatic nitrogens is 2. The van der Waals surface area contributed by atoms with Crippen molar-refractivity contribution in [1.82, 2.24) is 20.5 Å². The Kier molecular flexibility index (Phi) is 13.7. The topological polar surface area (TPSA) is 195 Å². The maximum Gasteiger partial charge on any atom is 0.292 e. The number of rotatable bonds is 10. The lowest BCUT2D eigenvalue weighted by Gasteiger charge is -2.31. The number of anilines is 2. The number of benzene rings is 2. The van der Waals surface area contributed by atoms with Crippen LogP contribution < -0.4 is 16.0 Å². The second-order valence-corrected chi connectivity index (χ2v) is 13.3. The Hall–Kier alpha value is -5.02. The highest BCUT2D eigenvalue weighted by atomic mass is 35.5. The number of aryl methyl sites for hydroxylation is 4. The summed E-state index contributed by atoms with van der Waals surface area (Å²) in [5, 5.41) is 40.7. The van der Waals surface area contributed by atoms with Gasteiger partial charge in [0.25, 0.3) is 11.4 Å². The third-order valence-corrected chi connectivity index (χ3v) is 9.71. The minimum atomic E-state index is -0.373. The number of halogens is 1. The van der Waals surface area contributed by atoms with Crippen LogP contribution in [0.4, 0.5) is 22.7 Å². The lowest BCUT2D eigenvalue weighted by atomic mass is 9.96. The van der Waals surface area contributed by atoms with Crippen LogP contribution in [0.3, 0.4) is 0 Å². The van der Waals surface area contributed by atoms with E-state index < -0.39 is 0 Å². The summed E-state index contributed by atoms with van der Waals surface area (Å²) in [6, 6.07) is 10.4. The third-order valence-electron chi connectivity index (χ3n) is 9.71. The van der Waals surface area contributed by atoms with E-state index in [1.807, 2.05) is 37.8 Å². The molecule has 15 nitrogen and oxygen atoms in total. The lowest BCUT2D eigenvalue weighted by molar-refractivity contribution is -0.384. The average Bonchev–Trinajstić information content (AvgIpc) is 3.65. The van der Waals surface area contributed by atoms with E-state index in [1.165, 1.54) is 0 Å². The molecule has 6 rings (SSSR count). The number of hydrogen-bond donors (Lipinski definition) is 3. The summed E-state index contributed by atoms with van der Waals surface area (Å²) in [4.78, 5) is 35.6. The smallest absolute Gasteiger partial charge is 0.292 e. The fraction of sp³-hybridized carbons (Fsp3) is 0.472. The van der Waals surface area contributed by atoms with Gasteiger partial charge in [-0.1, -0.05) is 22.4 Å². The molecular formula is C36H47ClN8O7. The Labute approximate surface area is 308 Å². The molecule has 52 heavy (non-hydrogen) atoms. The molecule has 4 aromatic rings. The molecule has 2 aliphatic heterocycles. The van der Waals surface area contributed by atoms with E-state index in [0.29, 0.717) is 47.0 Å². The molecule has 0 aliphatic carbocycles. The van der Waals surface area contributed by atoms with Gasteiger partial charge >= 0.3 is 0 Å². The van der Waals surface area contributed by atoms with Crippen LogP contribution in [0.25, 0.3) is 22.3 Å². The number of hydrogen-bond acceptors (Lipinski definition) is 12. The van der Waals surface area contributed by atoms with Gasteiger partial charge in [0, 0.05) is 56.4 Å². The van der Waals surface area contributed by atoms with Gasteiger partial charge in [-0.15, -0.1) is 12.4 Å². The Morgan fingerprint density at radius 3 is 1.58 bits per heavy atom. The lowest BCUT2D eigenvalue weighted by Crippen LogP contribution is -2.38. The standard InChI is InChI=1S/C19H24N4O4.C17H22N4O3.ClH/c1-12-19(13(2)27-21-12)16-4-5-17(18(10-16)23(25)26)20-11-15-6-8-22(9-7-15)14(3)24;1-11-17(12(2)24-20-11)14-3-4-15(16(9-14)21(22)23)19-10-13-5-7-18-8-6-13;/h4-5,10,15,20H,6-9,11H2,1-3H3;3-4,9,13,18-19H,5-8,10H2,1-2H3;1H. The van der Waals surface area contributed by atoms with Crippen LogP contribution in [0.15, 0.2) is 45.4 Å². The van der Waals surface area contributed by atoms with Crippen LogP contribution in [0.5, 0.6) is 0 Å². The molecule has 0 unspecified atom stereocenters. The molecular weight excluding hydrogens is 692 g/mol. The van der Waals surface area contributed by atoms with Crippen LogP contribution in [-0.4, -0.2) is 70.2 Å². The summed E-state index contributed by atoms with van der Waals surface area (Å²) in [6.45, 7) is 13.8. The molecule has 2 fully saturated rings. The van der Waals surface area contributed by atoms with Crippen LogP contribution in [0.2, 0.25) is 0 Å². The van der Waals surface area contributed by atoms with E-state index in [4.69, 9.17) is 9.05 Å². The first-order valence-corrected chi connectivity index (χ1v) is 17.3. The van der Waals surface area contributed by atoms with Crippen molar-refractivity contribution < 1.29 is 23.7 Å². The van der Waals surface area contributed by atoms with E-state index >= 15 is 0 Å². The predicted octanol–water partition coefficient (Wildman–Crippen LogP) is 7.24. The maximum atomic E-state index is 11.6. The molecule has 0 radical (unpaired) electrons. The summed E-state index contributed by atoms with van der Waals surface area (Å²) in [6.07, 6.45) is 3.99. The van der Waals surface area contributed by atoms with Crippen molar-refractivity contribution in [3.63, 3.8) is 0 Å². The molecule has 0 spiro atoms. The zero-order valence-corrected chi connectivity index (χ0v) is 31.0. The molecule has 280 valence electrons. The SMILES string of the molecule is CC(=O)N1CCC(CNc2ccc(-c3c(C)noc3C)cc2[N+](=O)[O-])CC1.Cc1noc(C)c1-c1ccc(NCC2CCNCC2)c([N+](=O)[O-])c1.Cl. The summed E-state index contributed by atoms with van der Waals surface area (Å²) in [5.74, 6) is 2.35. The van der Waals surface area contributed by atoms with Crippen molar-refractivity contribution >= 4 is 41.1 Å². The monoisotopic (exact) mass is 738 g/mol. The fourth-order valence-corrected chi connectivity index (χ4v) is 6.81. The Morgan fingerprint density at radius 1 is 0.788 bits per heavy atom. The van der Waals surface area contributed by atoms with Gasteiger partial charge in [-0.3, -0.25) is 25.0 Å². The first-order chi connectivity index (χ1) is 24.4. The van der Waals surface area contributed by atoms with Crippen LogP contribution in [0, 0.1) is 59.8 Å². The van der Waals surface area contributed by atoms with Gasteiger partial charge in [-0.05, 0) is 102 Å². The maximum absolute atomic E-state index is 11.6. The van der Waals surface area contributed by atoms with Gasteiger partial charge in [0.1, 0.15) is 22.9 Å². The van der Waals surface area contributed by atoms with Crippen molar-refractivity contribution in [3.05, 3.63) is 79.5 Å². The third kappa shape index (κ3) is 9.64. The Morgan fingerprint density at radius 2 is 1.21 bits per heavy atom. The molecule has 2 aliphatic rings. The number of nitrogens with one attached hydrogen (secondary N) is 3. The number of carbonyl (C=O) groups excluding carboxylic acids is 1. The number of amides is 1. The van der Waals surface area contributed by atoms with Gasteiger partial charge in [-0.25, -0.2) is 0 Å². The molecule has 16 heteroatoms.